The van der Waals surface area contributed by atoms with Gasteiger partial charge in [-0.15, -0.1) is 0 Å². The number of rotatable bonds is 11. The van der Waals surface area contributed by atoms with Crippen molar-refractivity contribution < 1.29 is 27.4 Å². The Kier molecular flexibility index (Phi) is 8.76. The number of ether oxygens (including phenoxy) is 3. The van der Waals surface area contributed by atoms with Gasteiger partial charge >= 0.3 is 0 Å². The van der Waals surface area contributed by atoms with Gasteiger partial charge in [0, 0.05) is 23.5 Å². The third-order valence-corrected chi connectivity index (χ3v) is 8.27. The Bertz CT molecular complexity index is 1550. The largest absolute Gasteiger partial charge is 0.497 e. The van der Waals surface area contributed by atoms with E-state index in [0.717, 1.165) is 15.6 Å². The summed E-state index contributed by atoms with van der Waals surface area (Å²) in [6.07, 6.45) is 1.80. The van der Waals surface area contributed by atoms with Crippen molar-refractivity contribution in [1.82, 2.24) is 13.9 Å². The van der Waals surface area contributed by atoms with Crippen molar-refractivity contribution in [3.05, 3.63) is 79.0 Å². The number of nitrogens with zero attached hydrogens (tertiary/aromatic N) is 3. The second-order valence-corrected chi connectivity index (χ2v) is 11.0. The fourth-order valence-electron chi connectivity index (χ4n) is 4.04. The third-order valence-electron chi connectivity index (χ3n) is 6.23. The van der Waals surface area contributed by atoms with E-state index in [4.69, 9.17) is 14.2 Å². The molecule has 0 atom stereocenters. The number of amides is 1. The molecule has 0 aliphatic heterocycles. The van der Waals surface area contributed by atoms with Crippen LogP contribution in [0, 0.1) is 0 Å². The minimum Gasteiger partial charge on any atom is -0.497 e. The Morgan fingerprint density at radius 1 is 0.850 bits per heavy atom. The topological polar surface area (TPSA) is 112 Å². The molecule has 0 unspecified atom stereocenters. The van der Waals surface area contributed by atoms with Crippen LogP contribution < -0.4 is 19.5 Å². The number of imidazole rings is 1. The van der Waals surface area contributed by atoms with Gasteiger partial charge in [0.05, 0.1) is 38.5 Å². The highest BCUT2D eigenvalue weighted by molar-refractivity contribution is 7.89. The van der Waals surface area contributed by atoms with E-state index in [1.807, 2.05) is 36.4 Å². The van der Waals surface area contributed by atoms with Gasteiger partial charge in [-0.1, -0.05) is 0 Å². The van der Waals surface area contributed by atoms with E-state index in [9.17, 15) is 13.2 Å². The number of aromatic nitrogens is 2. The average Bonchev–Trinajstić information content (AvgIpc) is 3.39. The molecule has 11 heteroatoms. The summed E-state index contributed by atoms with van der Waals surface area (Å²) >= 11 is 0. The molecule has 0 bridgehead atoms. The van der Waals surface area contributed by atoms with E-state index in [1.165, 1.54) is 19.2 Å². The maximum Gasteiger partial charge on any atom is 0.243 e. The Balaban J connectivity index is 1.64. The molecule has 3 aromatic carbocycles. The number of benzene rings is 3. The summed E-state index contributed by atoms with van der Waals surface area (Å²) in [7, 11) is 0.718. The van der Waals surface area contributed by atoms with Crippen LogP contribution >= 0.6 is 0 Å². The van der Waals surface area contributed by atoms with Gasteiger partial charge in [-0.05, 0) is 86.6 Å². The lowest BCUT2D eigenvalue weighted by atomic mass is 10.1. The van der Waals surface area contributed by atoms with Crippen LogP contribution in [0.25, 0.3) is 16.9 Å². The van der Waals surface area contributed by atoms with Crippen LogP contribution in [0.15, 0.2) is 83.9 Å². The van der Waals surface area contributed by atoms with Crippen molar-refractivity contribution in [3.63, 3.8) is 0 Å². The van der Waals surface area contributed by atoms with Gasteiger partial charge in [0.15, 0.2) is 0 Å². The molecule has 0 aliphatic rings. The minimum absolute atomic E-state index is 0.0660. The molecule has 4 rings (SSSR count). The standard InChI is InChI=1S/C29H32N4O6S/c1-20(2)33(40(35,36)26-16-14-25(39-5)15-17-26)19-28(34)31-29-30-27(21-6-10-23(37-3)11-7-21)18-32(29)22-8-12-24(38-4)13-9-22/h6-18,20H,19H2,1-5H3,(H,30,31,34). The first-order valence-electron chi connectivity index (χ1n) is 12.5. The van der Waals surface area contributed by atoms with Gasteiger partial charge in [-0.25, -0.2) is 13.4 Å². The van der Waals surface area contributed by atoms with E-state index in [1.54, 1.807) is 63.1 Å². The van der Waals surface area contributed by atoms with Crippen LogP contribution in [0.3, 0.4) is 0 Å². The second kappa shape index (κ2) is 12.2. The maximum atomic E-state index is 13.4. The van der Waals surface area contributed by atoms with Gasteiger partial charge in [0.25, 0.3) is 0 Å². The van der Waals surface area contributed by atoms with E-state index in [2.05, 4.69) is 10.3 Å². The number of nitrogens with one attached hydrogen (secondary N) is 1. The summed E-state index contributed by atoms with van der Waals surface area (Å²) in [5.74, 6) is 1.63. The van der Waals surface area contributed by atoms with E-state index in [-0.39, 0.29) is 10.8 Å². The van der Waals surface area contributed by atoms with Gasteiger partial charge in [0.2, 0.25) is 21.9 Å². The van der Waals surface area contributed by atoms with Gasteiger partial charge in [-0.3, -0.25) is 14.7 Å². The van der Waals surface area contributed by atoms with Crippen molar-refractivity contribution in [1.29, 1.82) is 0 Å². The van der Waals surface area contributed by atoms with Crippen molar-refractivity contribution in [2.45, 2.75) is 24.8 Å². The highest BCUT2D eigenvalue weighted by Gasteiger charge is 2.29. The minimum atomic E-state index is -3.96. The summed E-state index contributed by atoms with van der Waals surface area (Å²) in [5.41, 5.74) is 2.16. The van der Waals surface area contributed by atoms with E-state index >= 15 is 0 Å². The number of carbonyl (C=O) groups is 1. The molecule has 4 aromatic rings. The summed E-state index contributed by atoms with van der Waals surface area (Å²) < 4.78 is 45.4. The Labute approximate surface area is 234 Å². The quantitative estimate of drug-likeness (QED) is 0.283. The average molecular weight is 565 g/mol. The smallest absolute Gasteiger partial charge is 0.243 e. The molecule has 1 heterocycles. The van der Waals surface area contributed by atoms with Crippen molar-refractivity contribution >= 4 is 21.9 Å². The zero-order chi connectivity index (χ0) is 28.9. The third kappa shape index (κ3) is 6.27. The molecular weight excluding hydrogens is 532 g/mol. The van der Waals surface area contributed by atoms with Crippen LogP contribution in [0.5, 0.6) is 17.2 Å². The molecule has 0 radical (unpaired) electrons. The highest BCUT2D eigenvalue weighted by atomic mass is 32.2. The molecule has 0 saturated heterocycles. The van der Waals surface area contributed by atoms with Crippen molar-refractivity contribution in [3.8, 4) is 34.2 Å². The summed E-state index contributed by atoms with van der Waals surface area (Å²) in [6, 6.07) is 20.2. The van der Waals surface area contributed by atoms with Crippen LogP contribution in [0.4, 0.5) is 5.95 Å². The van der Waals surface area contributed by atoms with E-state index < -0.39 is 28.5 Å². The van der Waals surface area contributed by atoms with Gasteiger partial charge in [0.1, 0.15) is 17.2 Å². The molecule has 210 valence electrons. The first kappa shape index (κ1) is 28.7. The van der Waals surface area contributed by atoms with Crippen LogP contribution in [0.2, 0.25) is 0 Å². The predicted octanol–water partition coefficient (Wildman–Crippen LogP) is 4.60. The fraction of sp³-hybridized carbons (Fsp3) is 0.241. The normalized spacial score (nSPS) is 11.5. The number of methoxy groups -OCH3 is 3. The summed E-state index contributed by atoms with van der Waals surface area (Å²) in [6.45, 7) is 3.03. The molecule has 0 fully saturated rings. The van der Waals surface area contributed by atoms with Gasteiger partial charge in [-0.2, -0.15) is 4.31 Å². The van der Waals surface area contributed by atoms with Crippen molar-refractivity contribution in [2.75, 3.05) is 33.2 Å². The first-order chi connectivity index (χ1) is 19.2. The van der Waals surface area contributed by atoms with Crippen LogP contribution in [-0.2, 0) is 14.8 Å². The molecule has 0 spiro atoms. The molecule has 1 amide bonds. The molecule has 10 nitrogen and oxygen atoms in total. The zero-order valence-corrected chi connectivity index (χ0v) is 23.8. The number of carbonyl (C=O) groups excluding carboxylic acids is 1. The zero-order valence-electron chi connectivity index (χ0n) is 23.0. The lowest BCUT2D eigenvalue weighted by molar-refractivity contribution is -0.116. The summed E-state index contributed by atoms with van der Waals surface area (Å²) in [4.78, 5) is 18.0. The Hall–Kier alpha value is -4.35. The Morgan fingerprint density at radius 3 is 1.85 bits per heavy atom. The molecular formula is C29H32N4O6S. The Morgan fingerprint density at radius 2 is 1.35 bits per heavy atom. The first-order valence-corrected chi connectivity index (χ1v) is 13.9. The molecule has 0 aliphatic carbocycles. The lowest BCUT2D eigenvalue weighted by Crippen LogP contribution is -2.42. The second-order valence-electron chi connectivity index (χ2n) is 9.11. The SMILES string of the molecule is COc1ccc(-c2cn(-c3ccc(OC)cc3)c(NC(=O)CN(C(C)C)S(=O)(=O)c3ccc(OC)cc3)n2)cc1. The maximum absolute atomic E-state index is 13.4. The summed E-state index contributed by atoms with van der Waals surface area (Å²) in [5, 5.41) is 2.81. The molecule has 1 aromatic heterocycles. The van der Waals surface area contributed by atoms with Crippen molar-refractivity contribution in [2.24, 2.45) is 0 Å². The molecule has 0 saturated carbocycles. The fourth-order valence-corrected chi connectivity index (χ4v) is 5.64. The van der Waals surface area contributed by atoms with E-state index in [0.29, 0.717) is 22.9 Å². The number of hydrogen-bond donors (Lipinski definition) is 1. The number of hydrogen-bond acceptors (Lipinski definition) is 7. The van der Waals surface area contributed by atoms with Gasteiger partial charge < -0.3 is 14.2 Å². The number of sulfonamides is 1. The van der Waals surface area contributed by atoms with Crippen LogP contribution in [0.1, 0.15) is 13.8 Å². The predicted molar refractivity (Wildman–Crippen MR) is 153 cm³/mol. The molecule has 1 N–H and O–H groups in total. The lowest BCUT2D eigenvalue weighted by Gasteiger charge is -2.25. The van der Waals surface area contributed by atoms with Crippen LogP contribution in [-0.4, -0.2) is 62.1 Å². The highest BCUT2D eigenvalue weighted by Crippen LogP contribution is 2.27. The molecule has 40 heavy (non-hydrogen) atoms. The monoisotopic (exact) mass is 564 g/mol. The number of anilines is 1.